The van der Waals surface area contributed by atoms with Gasteiger partial charge in [0.05, 0.1) is 0 Å². The predicted molar refractivity (Wildman–Crippen MR) is 75.0 cm³/mol. The van der Waals surface area contributed by atoms with Gasteiger partial charge in [-0.25, -0.2) is 4.98 Å². The van der Waals surface area contributed by atoms with Gasteiger partial charge >= 0.3 is 0 Å². The molecule has 0 aromatic carbocycles. The molecule has 0 spiro atoms. The van der Waals surface area contributed by atoms with Crippen molar-refractivity contribution < 1.29 is 0 Å². The van der Waals surface area contributed by atoms with Gasteiger partial charge < -0.3 is 5.32 Å². The van der Waals surface area contributed by atoms with Crippen molar-refractivity contribution in [3.63, 3.8) is 0 Å². The standard InChI is InChI=1S/C12H19BrN2S/c1-3-6-10(14-4-2)9-16-12-11(13)7-5-8-15-12/h5,7-8,10,14H,3-4,6,9H2,1-2H3. The van der Waals surface area contributed by atoms with Gasteiger partial charge in [-0.15, -0.1) is 11.8 Å². The number of hydrogen-bond acceptors (Lipinski definition) is 3. The molecular formula is C12H19BrN2S. The number of aromatic nitrogens is 1. The van der Waals surface area contributed by atoms with E-state index < -0.39 is 0 Å². The fourth-order valence-corrected chi connectivity index (χ4v) is 3.12. The molecule has 1 heterocycles. The minimum Gasteiger partial charge on any atom is -0.313 e. The second kappa shape index (κ2) is 8.09. The Bertz CT molecular complexity index is 301. The molecule has 0 aliphatic rings. The number of thioether (sulfide) groups is 1. The van der Waals surface area contributed by atoms with Crippen molar-refractivity contribution in [2.45, 2.75) is 37.8 Å². The maximum Gasteiger partial charge on any atom is 0.110 e. The van der Waals surface area contributed by atoms with Gasteiger partial charge in [0.1, 0.15) is 5.03 Å². The lowest BCUT2D eigenvalue weighted by atomic mass is 10.2. The molecule has 2 nitrogen and oxygen atoms in total. The molecule has 0 radical (unpaired) electrons. The first-order chi connectivity index (χ1) is 7.77. The van der Waals surface area contributed by atoms with Gasteiger partial charge in [-0.1, -0.05) is 20.3 Å². The molecule has 0 amide bonds. The van der Waals surface area contributed by atoms with Crippen LogP contribution in [0, 0.1) is 0 Å². The Morgan fingerprint density at radius 3 is 2.94 bits per heavy atom. The molecule has 1 aromatic rings. The highest BCUT2D eigenvalue weighted by molar-refractivity contribution is 9.10. The smallest absolute Gasteiger partial charge is 0.110 e. The SMILES string of the molecule is CCCC(CSc1ncccc1Br)NCC. The van der Waals surface area contributed by atoms with E-state index in [-0.39, 0.29) is 0 Å². The average Bonchev–Trinajstić information content (AvgIpc) is 2.28. The Kier molecular flexibility index (Phi) is 7.08. The molecule has 0 aliphatic carbocycles. The number of hydrogen-bond donors (Lipinski definition) is 1. The fourth-order valence-electron chi connectivity index (χ4n) is 1.54. The van der Waals surface area contributed by atoms with E-state index >= 15 is 0 Å². The normalized spacial score (nSPS) is 12.7. The van der Waals surface area contributed by atoms with Crippen LogP contribution in [-0.4, -0.2) is 23.3 Å². The summed E-state index contributed by atoms with van der Waals surface area (Å²) >= 11 is 5.34. The second-order valence-electron chi connectivity index (χ2n) is 3.64. The topological polar surface area (TPSA) is 24.9 Å². The molecule has 16 heavy (non-hydrogen) atoms. The van der Waals surface area contributed by atoms with Crippen LogP contribution in [0.15, 0.2) is 27.8 Å². The summed E-state index contributed by atoms with van der Waals surface area (Å²) in [6.07, 6.45) is 4.29. The van der Waals surface area contributed by atoms with E-state index in [1.54, 1.807) is 0 Å². The van der Waals surface area contributed by atoms with Crippen LogP contribution < -0.4 is 5.32 Å². The highest BCUT2D eigenvalue weighted by Crippen LogP contribution is 2.25. The molecule has 0 saturated carbocycles. The van der Waals surface area contributed by atoms with Crippen LogP contribution in [0.5, 0.6) is 0 Å². The zero-order valence-electron chi connectivity index (χ0n) is 9.87. The molecule has 1 aromatic heterocycles. The molecule has 1 rings (SSSR count). The molecule has 1 N–H and O–H groups in total. The maximum absolute atomic E-state index is 4.36. The van der Waals surface area contributed by atoms with E-state index in [9.17, 15) is 0 Å². The summed E-state index contributed by atoms with van der Waals surface area (Å²) in [7, 11) is 0. The molecule has 90 valence electrons. The highest BCUT2D eigenvalue weighted by Gasteiger charge is 2.08. The van der Waals surface area contributed by atoms with Crippen LogP contribution in [0.3, 0.4) is 0 Å². The summed E-state index contributed by atoms with van der Waals surface area (Å²) in [6, 6.07) is 4.58. The molecule has 1 atom stereocenters. The van der Waals surface area contributed by atoms with E-state index in [0.717, 1.165) is 21.8 Å². The lowest BCUT2D eigenvalue weighted by Gasteiger charge is -2.16. The van der Waals surface area contributed by atoms with Crippen LogP contribution in [0.25, 0.3) is 0 Å². The van der Waals surface area contributed by atoms with Gasteiger partial charge in [-0.05, 0) is 41.0 Å². The Morgan fingerprint density at radius 1 is 1.50 bits per heavy atom. The molecule has 0 saturated heterocycles. The number of halogens is 1. The van der Waals surface area contributed by atoms with Gasteiger partial charge in [0.15, 0.2) is 0 Å². The van der Waals surface area contributed by atoms with Crippen LogP contribution in [0.1, 0.15) is 26.7 Å². The van der Waals surface area contributed by atoms with E-state index in [0.29, 0.717) is 6.04 Å². The second-order valence-corrected chi connectivity index (χ2v) is 5.51. The fraction of sp³-hybridized carbons (Fsp3) is 0.583. The summed E-state index contributed by atoms with van der Waals surface area (Å²) in [4.78, 5) is 4.36. The summed E-state index contributed by atoms with van der Waals surface area (Å²) < 4.78 is 1.09. The minimum atomic E-state index is 0.592. The van der Waals surface area contributed by atoms with Crippen LogP contribution in [-0.2, 0) is 0 Å². The van der Waals surface area contributed by atoms with E-state index in [4.69, 9.17) is 0 Å². The monoisotopic (exact) mass is 302 g/mol. The van der Waals surface area contributed by atoms with Crippen molar-refractivity contribution in [2.24, 2.45) is 0 Å². The Balaban J connectivity index is 2.45. The van der Waals surface area contributed by atoms with Crippen LogP contribution in [0.2, 0.25) is 0 Å². The van der Waals surface area contributed by atoms with Crippen molar-refractivity contribution in [3.05, 3.63) is 22.8 Å². The predicted octanol–water partition coefficient (Wildman–Crippen LogP) is 3.71. The molecule has 1 unspecified atom stereocenters. The van der Waals surface area contributed by atoms with E-state index in [2.05, 4.69) is 40.1 Å². The first-order valence-corrected chi connectivity index (χ1v) is 7.52. The van der Waals surface area contributed by atoms with Crippen molar-refractivity contribution in [3.8, 4) is 0 Å². The zero-order chi connectivity index (χ0) is 11.8. The van der Waals surface area contributed by atoms with Crippen LogP contribution >= 0.6 is 27.7 Å². The summed E-state index contributed by atoms with van der Waals surface area (Å²) in [5, 5.41) is 4.59. The third-order valence-electron chi connectivity index (χ3n) is 2.28. The number of nitrogens with zero attached hydrogens (tertiary/aromatic N) is 1. The molecule has 4 heteroatoms. The van der Waals surface area contributed by atoms with Crippen molar-refractivity contribution >= 4 is 27.7 Å². The largest absolute Gasteiger partial charge is 0.313 e. The van der Waals surface area contributed by atoms with Gasteiger partial charge in [0.2, 0.25) is 0 Å². The number of nitrogens with one attached hydrogen (secondary N) is 1. The lowest BCUT2D eigenvalue weighted by molar-refractivity contribution is 0.531. The third-order valence-corrected chi connectivity index (χ3v) is 4.35. The molecule has 0 bridgehead atoms. The van der Waals surface area contributed by atoms with Crippen molar-refractivity contribution in [1.29, 1.82) is 0 Å². The number of rotatable bonds is 7. The zero-order valence-corrected chi connectivity index (χ0v) is 12.3. The first-order valence-electron chi connectivity index (χ1n) is 5.74. The minimum absolute atomic E-state index is 0.592. The Morgan fingerprint density at radius 2 is 2.31 bits per heavy atom. The van der Waals surface area contributed by atoms with Gasteiger partial charge in [-0.3, -0.25) is 0 Å². The first kappa shape index (κ1) is 14.0. The van der Waals surface area contributed by atoms with E-state index in [1.165, 1.54) is 12.8 Å². The van der Waals surface area contributed by atoms with Gasteiger partial charge in [-0.2, -0.15) is 0 Å². The third kappa shape index (κ3) is 4.85. The van der Waals surface area contributed by atoms with Gasteiger partial charge in [0, 0.05) is 22.5 Å². The summed E-state index contributed by atoms with van der Waals surface area (Å²) in [5.41, 5.74) is 0. The number of pyridine rings is 1. The van der Waals surface area contributed by atoms with Crippen molar-refractivity contribution in [2.75, 3.05) is 12.3 Å². The lowest BCUT2D eigenvalue weighted by Crippen LogP contribution is -2.30. The molecule has 0 fully saturated rings. The Hall–Kier alpha value is -0.0600. The van der Waals surface area contributed by atoms with Crippen molar-refractivity contribution in [1.82, 2.24) is 10.3 Å². The maximum atomic E-state index is 4.36. The molecule has 0 aliphatic heterocycles. The molecular weight excluding hydrogens is 284 g/mol. The summed E-state index contributed by atoms with van der Waals surface area (Å²) in [5.74, 6) is 1.08. The Labute approximate surface area is 111 Å². The van der Waals surface area contributed by atoms with Crippen LogP contribution in [0.4, 0.5) is 0 Å². The average molecular weight is 303 g/mol. The van der Waals surface area contributed by atoms with Gasteiger partial charge in [0.25, 0.3) is 0 Å². The van der Waals surface area contributed by atoms with E-state index in [1.807, 2.05) is 30.1 Å². The highest BCUT2D eigenvalue weighted by atomic mass is 79.9. The quantitative estimate of drug-likeness (QED) is 0.777. The summed E-state index contributed by atoms with van der Waals surface area (Å²) in [6.45, 7) is 5.42.